The summed E-state index contributed by atoms with van der Waals surface area (Å²) in [5, 5.41) is 0. The van der Waals surface area contributed by atoms with E-state index in [9.17, 15) is 4.21 Å². The molecule has 20 heavy (non-hydrogen) atoms. The van der Waals surface area contributed by atoms with E-state index >= 15 is 0 Å². The van der Waals surface area contributed by atoms with E-state index in [1.54, 1.807) is 0 Å². The molecule has 1 aromatic rings. The van der Waals surface area contributed by atoms with Crippen molar-refractivity contribution in [2.45, 2.75) is 63.7 Å². The molecular weight excluding hydrogens is 266 g/mol. The summed E-state index contributed by atoms with van der Waals surface area (Å²) in [4.78, 5) is 0. The largest absolute Gasteiger partial charge is 0.242 e. The van der Waals surface area contributed by atoms with Crippen molar-refractivity contribution in [2.24, 2.45) is 5.92 Å². The van der Waals surface area contributed by atoms with Crippen molar-refractivity contribution in [3.63, 3.8) is 0 Å². The van der Waals surface area contributed by atoms with Crippen molar-refractivity contribution in [1.82, 2.24) is 4.72 Å². The first-order valence-electron chi connectivity index (χ1n) is 7.71. The van der Waals surface area contributed by atoms with Crippen LogP contribution in [0.4, 0.5) is 0 Å². The molecule has 0 radical (unpaired) electrons. The third-order valence-corrected chi connectivity index (χ3v) is 5.65. The highest BCUT2D eigenvalue weighted by Crippen LogP contribution is 2.35. The molecule has 1 aliphatic rings. The summed E-state index contributed by atoms with van der Waals surface area (Å²) < 4.78 is 15.7. The summed E-state index contributed by atoms with van der Waals surface area (Å²) >= 11 is 0. The number of benzene rings is 1. The molecule has 2 rings (SSSR count). The summed E-state index contributed by atoms with van der Waals surface area (Å²) in [7, 11) is -1.02. The fourth-order valence-electron chi connectivity index (χ4n) is 2.86. The molecular formula is C17H27NOS. The lowest BCUT2D eigenvalue weighted by molar-refractivity contribution is 0.295. The number of nitrogens with one attached hydrogen (secondary N) is 1. The minimum atomic E-state index is -1.02. The molecule has 0 amide bonds. The zero-order chi connectivity index (χ0) is 14.6. The van der Waals surface area contributed by atoms with E-state index in [4.69, 9.17) is 0 Å². The van der Waals surface area contributed by atoms with Crippen LogP contribution in [-0.2, 0) is 11.0 Å². The zero-order valence-corrected chi connectivity index (χ0v) is 13.7. The van der Waals surface area contributed by atoms with Gasteiger partial charge in [0.05, 0.1) is 15.7 Å². The first-order valence-corrected chi connectivity index (χ1v) is 8.86. The quantitative estimate of drug-likeness (QED) is 0.878. The van der Waals surface area contributed by atoms with Crippen LogP contribution in [0.25, 0.3) is 0 Å². The Kier molecular flexibility index (Phi) is 5.39. The molecule has 0 bridgehead atoms. The van der Waals surface area contributed by atoms with E-state index in [1.807, 2.05) is 26.8 Å². The smallest absolute Gasteiger partial charge is 0.0976 e. The second-order valence-corrected chi connectivity index (χ2v) is 8.78. The van der Waals surface area contributed by atoms with Gasteiger partial charge in [0.15, 0.2) is 0 Å². The van der Waals surface area contributed by atoms with E-state index in [2.05, 4.69) is 29.0 Å². The number of hydrogen-bond acceptors (Lipinski definition) is 1. The molecule has 1 saturated carbocycles. The van der Waals surface area contributed by atoms with E-state index < -0.39 is 11.0 Å². The third kappa shape index (κ3) is 4.16. The lowest BCUT2D eigenvalue weighted by Crippen LogP contribution is -2.39. The van der Waals surface area contributed by atoms with Gasteiger partial charge in [-0.15, -0.1) is 0 Å². The zero-order valence-electron chi connectivity index (χ0n) is 12.9. The molecule has 0 aliphatic heterocycles. The van der Waals surface area contributed by atoms with Gasteiger partial charge in [-0.25, -0.2) is 8.93 Å². The average Bonchev–Trinajstić information content (AvgIpc) is 2.45. The monoisotopic (exact) mass is 293 g/mol. The number of hydrogen-bond donors (Lipinski definition) is 1. The van der Waals surface area contributed by atoms with E-state index in [0.29, 0.717) is 5.92 Å². The van der Waals surface area contributed by atoms with Gasteiger partial charge in [0.1, 0.15) is 0 Å². The lowest BCUT2D eigenvalue weighted by Gasteiger charge is -2.33. The van der Waals surface area contributed by atoms with Crippen molar-refractivity contribution in [1.29, 1.82) is 0 Å². The number of rotatable bonds is 4. The highest BCUT2D eigenvalue weighted by molar-refractivity contribution is 7.84. The highest BCUT2D eigenvalue weighted by Gasteiger charge is 2.29. The molecule has 1 aliphatic carbocycles. The standard InChI is InChI=1S/C17H27NOS/c1-17(2,3)20(19)18-16(14-10-6-4-7-11-14)15-12-8-5-9-13-15/h4,6-7,10-11,15-16,18H,5,8-9,12-13H2,1-3H3/t16-,20+/m0/s1. The van der Waals surface area contributed by atoms with Gasteiger partial charge in [0.2, 0.25) is 0 Å². The van der Waals surface area contributed by atoms with Gasteiger partial charge in [0, 0.05) is 6.04 Å². The van der Waals surface area contributed by atoms with Gasteiger partial charge in [-0.05, 0) is 45.1 Å². The molecule has 2 nitrogen and oxygen atoms in total. The van der Waals surface area contributed by atoms with Crippen molar-refractivity contribution >= 4 is 11.0 Å². The summed E-state index contributed by atoms with van der Waals surface area (Å²) in [6.45, 7) is 6.08. The minimum absolute atomic E-state index is 0.219. The van der Waals surface area contributed by atoms with Crippen LogP contribution in [0, 0.1) is 5.92 Å². The topological polar surface area (TPSA) is 29.1 Å². The Morgan fingerprint density at radius 2 is 1.70 bits per heavy atom. The second kappa shape index (κ2) is 6.86. The van der Waals surface area contributed by atoms with Crippen molar-refractivity contribution in [2.75, 3.05) is 0 Å². The summed E-state index contributed by atoms with van der Waals surface area (Å²) in [6.07, 6.45) is 6.44. The third-order valence-electron chi connectivity index (χ3n) is 4.07. The normalized spacial score (nSPS) is 20.6. The molecule has 3 heteroatoms. The maximum atomic E-state index is 12.5. The highest BCUT2D eigenvalue weighted by atomic mass is 32.2. The second-order valence-electron chi connectivity index (χ2n) is 6.79. The lowest BCUT2D eigenvalue weighted by atomic mass is 9.81. The SMILES string of the molecule is CC(C)(C)[S@@](=O)N[C@@H](c1ccccc1)C1CCCCC1. The molecule has 112 valence electrons. The van der Waals surface area contributed by atoms with Crippen LogP contribution in [0.15, 0.2) is 30.3 Å². The average molecular weight is 293 g/mol. The van der Waals surface area contributed by atoms with E-state index in [0.717, 1.165) is 0 Å². The van der Waals surface area contributed by atoms with Crippen LogP contribution >= 0.6 is 0 Å². The Balaban J connectivity index is 2.18. The van der Waals surface area contributed by atoms with Crippen LogP contribution in [0.1, 0.15) is 64.5 Å². The van der Waals surface area contributed by atoms with Crippen molar-refractivity contribution < 1.29 is 4.21 Å². The van der Waals surface area contributed by atoms with Crippen LogP contribution in [0.3, 0.4) is 0 Å². The maximum absolute atomic E-state index is 12.5. The molecule has 0 spiro atoms. The Morgan fingerprint density at radius 1 is 1.10 bits per heavy atom. The predicted molar refractivity (Wildman–Crippen MR) is 86.8 cm³/mol. The summed E-state index contributed by atoms with van der Waals surface area (Å²) in [6, 6.07) is 10.7. The molecule has 2 atom stereocenters. The first kappa shape index (κ1) is 15.7. The molecule has 1 aromatic carbocycles. The molecule has 0 saturated heterocycles. The van der Waals surface area contributed by atoms with Crippen LogP contribution < -0.4 is 4.72 Å². The molecule has 1 fully saturated rings. The van der Waals surface area contributed by atoms with Gasteiger partial charge in [-0.2, -0.15) is 0 Å². The molecule has 0 heterocycles. The van der Waals surface area contributed by atoms with Gasteiger partial charge in [-0.3, -0.25) is 0 Å². The summed E-state index contributed by atoms with van der Waals surface area (Å²) in [5.41, 5.74) is 1.28. The van der Waals surface area contributed by atoms with Gasteiger partial charge < -0.3 is 0 Å². The first-order chi connectivity index (χ1) is 9.48. The Labute approximate surface area is 125 Å². The fourth-order valence-corrected chi connectivity index (χ4v) is 3.77. The molecule has 1 N–H and O–H groups in total. The van der Waals surface area contributed by atoms with Gasteiger partial charge >= 0.3 is 0 Å². The van der Waals surface area contributed by atoms with E-state index in [1.165, 1.54) is 37.7 Å². The minimum Gasteiger partial charge on any atom is -0.242 e. The fraction of sp³-hybridized carbons (Fsp3) is 0.647. The van der Waals surface area contributed by atoms with Gasteiger partial charge in [-0.1, -0.05) is 49.6 Å². The van der Waals surface area contributed by atoms with Crippen LogP contribution in [-0.4, -0.2) is 8.96 Å². The van der Waals surface area contributed by atoms with Gasteiger partial charge in [0.25, 0.3) is 0 Å². The van der Waals surface area contributed by atoms with Crippen molar-refractivity contribution in [3.05, 3.63) is 35.9 Å². The van der Waals surface area contributed by atoms with Crippen LogP contribution in [0.5, 0.6) is 0 Å². The maximum Gasteiger partial charge on any atom is 0.0976 e. The Hall–Kier alpha value is -0.670. The Morgan fingerprint density at radius 3 is 2.25 bits per heavy atom. The predicted octanol–water partition coefficient (Wildman–Crippen LogP) is 4.36. The molecule has 0 unspecified atom stereocenters. The van der Waals surface area contributed by atoms with Crippen molar-refractivity contribution in [3.8, 4) is 0 Å². The van der Waals surface area contributed by atoms with Crippen LogP contribution in [0.2, 0.25) is 0 Å². The summed E-state index contributed by atoms with van der Waals surface area (Å²) in [5.74, 6) is 0.609. The molecule has 0 aromatic heterocycles. The van der Waals surface area contributed by atoms with E-state index in [-0.39, 0.29) is 10.8 Å². The Bertz CT molecular complexity index is 432.